The fraction of sp³-hybridized carbons (Fsp3) is 0.550. The average Bonchev–Trinajstić information content (AvgIpc) is 2.66. The minimum Gasteiger partial charge on any atom is -0.493 e. The van der Waals surface area contributed by atoms with E-state index < -0.39 is 5.97 Å². The fourth-order valence-corrected chi connectivity index (χ4v) is 2.93. The first-order valence-corrected chi connectivity index (χ1v) is 9.26. The molecule has 2 amide bonds. The Bertz CT molecular complexity index is 663. The molecule has 1 aromatic carbocycles. The molecule has 0 unspecified atom stereocenters. The van der Waals surface area contributed by atoms with Crippen LogP contribution < -0.4 is 4.74 Å². The Morgan fingerprint density at radius 2 is 1.78 bits per heavy atom. The molecule has 7 nitrogen and oxygen atoms in total. The van der Waals surface area contributed by atoms with E-state index in [4.69, 9.17) is 9.84 Å². The lowest BCUT2D eigenvalue weighted by molar-refractivity contribution is -0.145. The Hall–Kier alpha value is -2.57. The lowest BCUT2D eigenvalue weighted by atomic mass is 9.97. The highest BCUT2D eigenvalue weighted by Crippen LogP contribution is 2.18. The zero-order valence-electron chi connectivity index (χ0n) is 16.2. The van der Waals surface area contributed by atoms with Crippen molar-refractivity contribution >= 4 is 17.8 Å². The van der Waals surface area contributed by atoms with E-state index in [1.807, 2.05) is 0 Å². The van der Waals surface area contributed by atoms with Crippen LogP contribution in [-0.4, -0.2) is 66.0 Å². The zero-order valence-corrected chi connectivity index (χ0v) is 16.2. The van der Waals surface area contributed by atoms with Crippen LogP contribution in [0.1, 0.15) is 37.0 Å². The Kier molecular flexibility index (Phi) is 7.21. The van der Waals surface area contributed by atoms with Gasteiger partial charge in [0, 0.05) is 25.7 Å². The van der Waals surface area contributed by atoms with Crippen molar-refractivity contribution in [1.82, 2.24) is 9.80 Å². The molecular weight excluding hydrogens is 348 g/mol. The minimum absolute atomic E-state index is 0.0256. The molecule has 0 aromatic heterocycles. The van der Waals surface area contributed by atoms with Gasteiger partial charge in [0.05, 0.1) is 19.1 Å². The van der Waals surface area contributed by atoms with E-state index in [2.05, 4.69) is 13.8 Å². The molecule has 1 N–H and O–H groups in total. The molecular formula is C20H28N2O5. The summed E-state index contributed by atoms with van der Waals surface area (Å²) in [4.78, 5) is 38.9. The number of rotatable bonds is 7. The van der Waals surface area contributed by atoms with Gasteiger partial charge in [-0.1, -0.05) is 13.8 Å². The number of carbonyl (C=O) groups is 3. The number of piperidine rings is 1. The van der Waals surface area contributed by atoms with Crippen LogP contribution >= 0.6 is 0 Å². The first-order chi connectivity index (χ1) is 12.8. The van der Waals surface area contributed by atoms with Gasteiger partial charge in [0.1, 0.15) is 5.75 Å². The van der Waals surface area contributed by atoms with Crippen molar-refractivity contribution in [3.8, 4) is 5.75 Å². The third kappa shape index (κ3) is 5.98. The summed E-state index contributed by atoms with van der Waals surface area (Å²) in [5.41, 5.74) is 0.492. The van der Waals surface area contributed by atoms with Crippen LogP contribution in [0.25, 0.3) is 0 Å². The van der Waals surface area contributed by atoms with Gasteiger partial charge in [-0.25, -0.2) is 0 Å². The molecule has 148 valence electrons. The van der Waals surface area contributed by atoms with Crippen molar-refractivity contribution in [3.05, 3.63) is 29.8 Å². The van der Waals surface area contributed by atoms with E-state index in [0.717, 1.165) is 0 Å². The molecule has 0 saturated carbocycles. The largest absolute Gasteiger partial charge is 0.493 e. The fourth-order valence-electron chi connectivity index (χ4n) is 2.93. The third-order valence-corrected chi connectivity index (χ3v) is 4.60. The number of likely N-dealkylation sites (tertiary alicyclic amines) is 1. The number of carbonyl (C=O) groups excluding carboxylic acids is 2. The standard InChI is InChI=1S/C20H28N2O5/c1-14(2)13-27-17-6-4-15(5-7-17)19(24)21(3)12-18(23)22-10-8-16(9-11-22)20(25)26/h4-7,14,16H,8-13H2,1-3H3,(H,25,26). The number of nitrogens with zero attached hydrogens (tertiary/aromatic N) is 2. The summed E-state index contributed by atoms with van der Waals surface area (Å²) < 4.78 is 5.60. The van der Waals surface area contributed by atoms with Gasteiger partial charge in [0.25, 0.3) is 5.91 Å². The molecule has 1 aliphatic heterocycles. The molecule has 0 radical (unpaired) electrons. The number of hydrogen-bond acceptors (Lipinski definition) is 4. The maximum atomic E-state index is 12.5. The van der Waals surface area contributed by atoms with Gasteiger partial charge in [-0.3, -0.25) is 14.4 Å². The molecule has 27 heavy (non-hydrogen) atoms. The smallest absolute Gasteiger partial charge is 0.306 e. The maximum Gasteiger partial charge on any atom is 0.306 e. The highest BCUT2D eigenvalue weighted by Gasteiger charge is 2.28. The van der Waals surface area contributed by atoms with Crippen molar-refractivity contribution in [2.75, 3.05) is 33.3 Å². The molecule has 2 rings (SSSR count). The van der Waals surface area contributed by atoms with Gasteiger partial charge in [-0.2, -0.15) is 0 Å². The Balaban J connectivity index is 1.86. The van der Waals surface area contributed by atoms with Crippen molar-refractivity contribution in [1.29, 1.82) is 0 Å². The molecule has 0 aliphatic carbocycles. The summed E-state index contributed by atoms with van der Waals surface area (Å²) >= 11 is 0. The van der Waals surface area contributed by atoms with Crippen LogP contribution in [0.15, 0.2) is 24.3 Å². The van der Waals surface area contributed by atoms with Crippen molar-refractivity contribution < 1.29 is 24.2 Å². The molecule has 1 aliphatic rings. The molecule has 0 atom stereocenters. The van der Waals surface area contributed by atoms with Crippen LogP contribution in [0.3, 0.4) is 0 Å². The van der Waals surface area contributed by atoms with Crippen LogP contribution in [0.2, 0.25) is 0 Å². The van der Waals surface area contributed by atoms with E-state index in [1.165, 1.54) is 4.90 Å². The average molecular weight is 376 g/mol. The van der Waals surface area contributed by atoms with Crippen LogP contribution in [0, 0.1) is 11.8 Å². The third-order valence-electron chi connectivity index (χ3n) is 4.60. The van der Waals surface area contributed by atoms with Crippen LogP contribution in [0.4, 0.5) is 0 Å². The molecule has 1 saturated heterocycles. The number of benzene rings is 1. The van der Waals surface area contributed by atoms with Crippen molar-refractivity contribution in [3.63, 3.8) is 0 Å². The summed E-state index contributed by atoms with van der Waals surface area (Å²) in [6.07, 6.45) is 0.910. The normalized spacial score (nSPS) is 14.9. The molecule has 1 aromatic rings. The van der Waals surface area contributed by atoms with Gasteiger partial charge >= 0.3 is 5.97 Å². The number of aliphatic carboxylic acids is 1. The topological polar surface area (TPSA) is 87.2 Å². The summed E-state index contributed by atoms with van der Waals surface area (Å²) in [6, 6.07) is 6.89. The highest BCUT2D eigenvalue weighted by molar-refractivity contribution is 5.96. The molecule has 7 heteroatoms. The second-order valence-corrected chi connectivity index (χ2v) is 7.38. The van der Waals surface area contributed by atoms with Gasteiger partial charge in [-0.05, 0) is 43.0 Å². The predicted octanol–water partition coefficient (Wildman–Crippen LogP) is 2.12. The summed E-state index contributed by atoms with van der Waals surface area (Å²) in [5, 5.41) is 9.02. The molecule has 0 bridgehead atoms. The quantitative estimate of drug-likeness (QED) is 0.788. The first kappa shape index (κ1) is 20.7. The summed E-state index contributed by atoms with van der Waals surface area (Å²) in [5.74, 6) is -0.463. The van der Waals surface area contributed by atoms with Crippen LogP contribution in [-0.2, 0) is 9.59 Å². The van der Waals surface area contributed by atoms with E-state index >= 15 is 0 Å². The molecule has 1 heterocycles. The minimum atomic E-state index is -0.810. The zero-order chi connectivity index (χ0) is 20.0. The number of hydrogen-bond donors (Lipinski definition) is 1. The lowest BCUT2D eigenvalue weighted by Crippen LogP contribution is -2.45. The number of amides is 2. The van der Waals surface area contributed by atoms with E-state index in [0.29, 0.717) is 49.8 Å². The number of carboxylic acid groups (broad SMARTS) is 1. The highest BCUT2D eigenvalue weighted by atomic mass is 16.5. The molecule has 0 spiro atoms. The Morgan fingerprint density at radius 3 is 2.30 bits per heavy atom. The van der Waals surface area contributed by atoms with Crippen LogP contribution in [0.5, 0.6) is 5.75 Å². The van der Waals surface area contributed by atoms with Crippen molar-refractivity contribution in [2.24, 2.45) is 11.8 Å². The van der Waals surface area contributed by atoms with Gasteiger partial charge in [0.15, 0.2) is 0 Å². The number of ether oxygens (including phenoxy) is 1. The van der Waals surface area contributed by atoms with Gasteiger partial charge in [-0.15, -0.1) is 0 Å². The number of likely N-dealkylation sites (N-methyl/N-ethyl adjacent to an activating group) is 1. The van der Waals surface area contributed by atoms with E-state index in [1.54, 1.807) is 36.2 Å². The SMILES string of the molecule is CC(C)COc1ccc(C(=O)N(C)CC(=O)N2CCC(C(=O)O)CC2)cc1. The van der Waals surface area contributed by atoms with Gasteiger partial charge < -0.3 is 19.6 Å². The van der Waals surface area contributed by atoms with Gasteiger partial charge in [0.2, 0.25) is 5.91 Å². The molecule has 1 fully saturated rings. The number of carboxylic acids is 1. The second kappa shape index (κ2) is 9.39. The second-order valence-electron chi connectivity index (χ2n) is 7.38. The first-order valence-electron chi connectivity index (χ1n) is 9.26. The predicted molar refractivity (Wildman–Crippen MR) is 101 cm³/mol. The van der Waals surface area contributed by atoms with E-state index in [9.17, 15) is 14.4 Å². The maximum absolute atomic E-state index is 12.5. The van der Waals surface area contributed by atoms with Crippen molar-refractivity contribution in [2.45, 2.75) is 26.7 Å². The van der Waals surface area contributed by atoms with E-state index in [-0.39, 0.29) is 24.3 Å². The summed E-state index contributed by atoms with van der Waals surface area (Å²) in [6.45, 7) is 5.55. The Labute approximate surface area is 159 Å². The Morgan fingerprint density at radius 1 is 1.19 bits per heavy atom. The summed E-state index contributed by atoms with van der Waals surface area (Å²) in [7, 11) is 1.59. The monoisotopic (exact) mass is 376 g/mol. The lowest BCUT2D eigenvalue weighted by Gasteiger charge is -2.31.